The van der Waals surface area contributed by atoms with Crippen LogP contribution < -0.4 is 5.32 Å². The minimum Gasteiger partial charge on any atom is -0.465 e. The van der Waals surface area contributed by atoms with Gasteiger partial charge in [-0.15, -0.1) is 0 Å². The van der Waals surface area contributed by atoms with Crippen LogP contribution in [0.5, 0.6) is 0 Å². The van der Waals surface area contributed by atoms with Gasteiger partial charge in [-0.05, 0) is 30.5 Å². The molecule has 0 aliphatic heterocycles. The second-order valence-electron chi connectivity index (χ2n) is 8.22. The van der Waals surface area contributed by atoms with Crippen LogP contribution in [0, 0.1) is 17.2 Å². The van der Waals surface area contributed by atoms with Crippen molar-refractivity contribution < 1.29 is 14.3 Å². The predicted octanol–water partition coefficient (Wildman–Crippen LogP) is 4.51. The molecular weight excluding hydrogens is 308 g/mol. The molecule has 0 aromatic rings. The monoisotopic (exact) mass is 340 g/mol. The van der Waals surface area contributed by atoms with Crippen molar-refractivity contribution in [3.8, 4) is 6.07 Å². The largest absolute Gasteiger partial charge is 0.465 e. The van der Waals surface area contributed by atoms with Gasteiger partial charge in [0, 0.05) is 0 Å². The summed E-state index contributed by atoms with van der Waals surface area (Å²) < 4.78 is 6.21. The average molecular weight is 341 g/mol. The summed E-state index contributed by atoms with van der Waals surface area (Å²) in [6, 6.07) is 1.76. The van der Waals surface area contributed by atoms with E-state index in [4.69, 9.17) is 9.53 Å². The van der Waals surface area contributed by atoms with Crippen LogP contribution in [0.3, 0.4) is 0 Å². The lowest BCUT2D eigenvalue weighted by Crippen LogP contribution is -2.51. The van der Waals surface area contributed by atoms with E-state index in [0.717, 1.165) is 12.8 Å². The van der Waals surface area contributed by atoms with Crippen LogP contribution in [0.15, 0.2) is 0 Å². The maximum absolute atomic E-state index is 11.2. The van der Waals surface area contributed by atoms with E-state index < -0.39 is 26.6 Å². The summed E-state index contributed by atoms with van der Waals surface area (Å²) in [7, 11) is -2.12. The topological polar surface area (TPSA) is 82.3 Å². The summed E-state index contributed by atoms with van der Waals surface area (Å²) in [5.74, 6) is 0.486. The lowest BCUT2D eigenvalue weighted by molar-refractivity contribution is 0.142. The van der Waals surface area contributed by atoms with Crippen molar-refractivity contribution in [1.82, 2.24) is 5.32 Å². The summed E-state index contributed by atoms with van der Waals surface area (Å²) in [4.78, 5) is 11.2. The molecule has 23 heavy (non-hydrogen) atoms. The summed E-state index contributed by atoms with van der Waals surface area (Å²) in [6.45, 7) is 10.5. The number of carboxylic acid groups (broad SMARTS) is 1. The Bertz CT molecular complexity index is 434. The van der Waals surface area contributed by atoms with Crippen molar-refractivity contribution >= 4 is 14.4 Å². The molecule has 1 aliphatic carbocycles. The SMILES string of the molecule is CC(C)(C)[Si](C)(C)O[C@@H](C#N)[C@H](CC1CCCCC1)NC(=O)O. The molecule has 0 heterocycles. The van der Waals surface area contributed by atoms with Crippen molar-refractivity contribution in [2.24, 2.45) is 5.92 Å². The highest BCUT2D eigenvalue weighted by Gasteiger charge is 2.41. The maximum Gasteiger partial charge on any atom is 0.405 e. The molecule has 1 saturated carbocycles. The smallest absolute Gasteiger partial charge is 0.405 e. The third-order valence-corrected chi connectivity index (χ3v) is 9.80. The Morgan fingerprint density at radius 2 is 1.91 bits per heavy atom. The molecule has 0 aromatic heterocycles. The fourth-order valence-corrected chi connectivity index (χ4v) is 4.10. The Morgan fingerprint density at radius 1 is 1.35 bits per heavy atom. The molecule has 1 rings (SSSR count). The van der Waals surface area contributed by atoms with Crippen molar-refractivity contribution in [1.29, 1.82) is 5.26 Å². The molecule has 1 aliphatic rings. The quantitative estimate of drug-likeness (QED) is 0.697. The normalized spacial score (nSPS) is 19.7. The van der Waals surface area contributed by atoms with Crippen molar-refractivity contribution in [2.75, 3.05) is 0 Å². The maximum atomic E-state index is 11.2. The molecule has 0 bridgehead atoms. The lowest BCUT2D eigenvalue weighted by atomic mass is 9.84. The molecule has 5 nitrogen and oxygen atoms in total. The van der Waals surface area contributed by atoms with Gasteiger partial charge in [0.05, 0.1) is 12.1 Å². The van der Waals surface area contributed by atoms with Gasteiger partial charge in [-0.2, -0.15) is 5.26 Å². The highest BCUT2D eigenvalue weighted by molar-refractivity contribution is 6.74. The molecule has 0 unspecified atom stereocenters. The van der Waals surface area contributed by atoms with E-state index >= 15 is 0 Å². The average Bonchev–Trinajstić information content (AvgIpc) is 2.43. The highest BCUT2D eigenvalue weighted by Crippen LogP contribution is 2.38. The summed E-state index contributed by atoms with van der Waals surface area (Å²) in [5.41, 5.74) is 0. The Balaban J connectivity index is 2.84. The Labute approximate surface area is 141 Å². The molecule has 0 radical (unpaired) electrons. The van der Waals surface area contributed by atoms with Crippen LogP contribution in [-0.4, -0.2) is 31.7 Å². The number of hydrogen-bond donors (Lipinski definition) is 2. The van der Waals surface area contributed by atoms with E-state index in [-0.39, 0.29) is 5.04 Å². The van der Waals surface area contributed by atoms with E-state index in [1.165, 1.54) is 19.3 Å². The van der Waals surface area contributed by atoms with Crippen LogP contribution in [0.1, 0.15) is 59.3 Å². The number of nitriles is 1. The Kier molecular flexibility index (Phi) is 7.09. The molecule has 0 aromatic carbocycles. The molecule has 132 valence electrons. The third kappa shape index (κ3) is 6.15. The van der Waals surface area contributed by atoms with E-state index in [0.29, 0.717) is 12.3 Å². The van der Waals surface area contributed by atoms with E-state index in [2.05, 4.69) is 45.3 Å². The molecule has 2 N–H and O–H groups in total. The number of carbonyl (C=O) groups is 1. The van der Waals surface area contributed by atoms with Crippen molar-refractivity contribution in [3.05, 3.63) is 0 Å². The molecular formula is C17H32N2O3Si. The molecule has 0 saturated heterocycles. The second-order valence-corrected chi connectivity index (χ2v) is 13.0. The third-order valence-electron chi connectivity index (χ3n) is 5.34. The van der Waals surface area contributed by atoms with E-state index in [1.807, 2.05) is 0 Å². The first-order valence-electron chi connectivity index (χ1n) is 8.63. The van der Waals surface area contributed by atoms with Gasteiger partial charge in [0.25, 0.3) is 0 Å². The Morgan fingerprint density at radius 3 is 2.35 bits per heavy atom. The summed E-state index contributed by atoms with van der Waals surface area (Å²) in [6.07, 6.45) is 4.80. The number of nitrogens with zero attached hydrogens (tertiary/aromatic N) is 1. The van der Waals surface area contributed by atoms with Gasteiger partial charge in [0.1, 0.15) is 0 Å². The van der Waals surface area contributed by atoms with Gasteiger partial charge >= 0.3 is 6.09 Å². The van der Waals surface area contributed by atoms with Gasteiger partial charge in [-0.1, -0.05) is 52.9 Å². The standard InChI is InChI=1S/C17H32N2O3Si/c1-17(2,3)23(4,5)22-15(12-18)14(19-16(20)21)11-13-9-7-6-8-10-13/h13-15,19H,6-11H2,1-5H3,(H,20,21)/t14-,15-/m0/s1. The second kappa shape index (κ2) is 8.16. The van der Waals surface area contributed by atoms with Gasteiger partial charge in [-0.3, -0.25) is 0 Å². The summed E-state index contributed by atoms with van der Waals surface area (Å²) >= 11 is 0. The van der Waals surface area contributed by atoms with E-state index in [9.17, 15) is 10.1 Å². The Hall–Kier alpha value is -1.06. The molecule has 6 heteroatoms. The molecule has 0 spiro atoms. The van der Waals surface area contributed by atoms with Crippen molar-refractivity contribution in [3.63, 3.8) is 0 Å². The fraction of sp³-hybridized carbons (Fsp3) is 0.882. The summed E-state index contributed by atoms with van der Waals surface area (Å²) in [5, 5.41) is 21.3. The minimum atomic E-state index is -2.12. The first-order chi connectivity index (χ1) is 10.6. The fourth-order valence-electron chi connectivity index (χ4n) is 2.89. The van der Waals surface area contributed by atoms with Crippen LogP contribution in [0.25, 0.3) is 0 Å². The van der Waals surface area contributed by atoms with Crippen LogP contribution in [-0.2, 0) is 4.43 Å². The predicted molar refractivity (Wildman–Crippen MR) is 93.8 cm³/mol. The minimum absolute atomic E-state index is 0.0132. The number of hydrogen-bond acceptors (Lipinski definition) is 3. The van der Waals surface area contributed by atoms with Crippen molar-refractivity contribution in [2.45, 2.75) is 89.6 Å². The van der Waals surface area contributed by atoms with Crippen LogP contribution in [0.4, 0.5) is 4.79 Å². The van der Waals surface area contributed by atoms with Crippen LogP contribution in [0.2, 0.25) is 18.1 Å². The zero-order valence-electron chi connectivity index (χ0n) is 15.2. The van der Waals surface area contributed by atoms with Gasteiger partial charge < -0.3 is 14.8 Å². The lowest BCUT2D eigenvalue weighted by Gasteiger charge is -2.40. The number of amides is 1. The number of rotatable bonds is 6. The highest BCUT2D eigenvalue weighted by atomic mass is 28.4. The number of nitrogens with one attached hydrogen (secondary N) is 1. The van der Waals surface area contributed by atoms with Gasteiger partial charge in [0.15, 0.2) is 14.4 Å². The first-order valence-corrected chi connectivity index (χ1v) is 11.5. The van der Waals surface area contributed by atoms with Gasteiger partial charge in [-0.25, -0.2) is 4.79 Å². The molecule has 1 fully saturated rings. The first kappa shape index (κ1) is 20.0. The van der Waals surface area contributed by atoms with E-state index in [1.54, 1.807) is 0 Å². The zero-order chi connectivity index (χ0) is 17.7. The van der Waals surface area contributed by atoms with Crippen LogP contribution >= 0.6 is 0 Å². The molecule has 2 atom stereocenters. The zero-order valence-corrected chi connectivity index (χ0v) is 16.2. The van der Waals surface area contributed by atoms with Gasteiger partial charge in [0.2, 0.25) is 0 Å². The molecule has 1 amide bonds.